The number of hydrogen-bond acceptors (Lipinski definition) is 3. The van der Waals surface area contributed by atoms with E-state index in [2.05, 4.69) is 0 Å². The van der Waals surface area contributed by atoms with Gasteiger partial charge in [0.2, 0.25) is 0 Å². The first-order chi connectivity index (χ1) is 7.65. The number of rotatable bonds is 5. The average Bonchev–Trinajstić information content (AvgIpc) is 2.28. The van der Waals surface area contributed by atoms with Crippen LogP contribution in [0.15, 0.2) is 12.1 Å². The van der Waals surface area contributed by atoms with Crippen molar-refractivity contribution in [1.82, 2.24) is 0 Å². The highest BCUT2D eigenvalue weighted by Crippen LogP contribution is 2.33. The molecule has 86 valence electrons. The third kappa shape index (κ3) is 2.24. The highest BCUT2D eigenvalue weighted by molar-refractivity contribution is 5.93. The molecule has 0 saturated carbocycles. The minimum atomic E-state index is -2.75. The van der Waals surface area contributed by atoms with Crippen LogP contribution in [0.5, 0.6) is 5.75 Å². The second-order valence-corrected chi connectivity index (χ2v) is 2.96. The van der Waals surface area contributed by atoms with Crippen molar-refractivity contribution in [2.24, 2.45) is 0 Å². The molecule has 0 radical (unpaired) electrons. The second kappa shape index (κ2) is 5.34. The predicted octanol–water partition coefficient (Wildman–Crippen LogP) is 2.65. The van der Waals surface area contributed by atoms with Crippen LogP contribution in [-0.4, -0.2) is 19.2 Å². The summed E-state index contributed by atoms with van der Waals surface area (Å²) in [6.07, 6.45) is -1.97. The third-order valence-corrected chi connectivity index (χ3v) is 2.03. The van der Waals surface area contributed by atoms with E-state index in [-0.39, 0.29) is 29.0 Å². The molecule has 0 saturated heterocycles. The normalized spacial score (nSPS) is 10.2. The summed E-state index contributed by atoms with van der Waals surface area (Å²) in [5.41, 5.74) is -0.466. The van der Waals surface area contributed by atoms with Gasteiger partial charge in [0.1, 0.15) is 5.75 Å². The van der Waals surface area contributed by atoms with Gasteiger partial charge in [0.15, 0.2) is 12.6 Å². The van der Waals surface area contributed by atoms with Crippen molar-refractivity contribution in [3.05, 3.63) is 28.8 Å². The van der Waals surface area contributed by atoms with Crippen molar-refractivity contribution in [3.63, 3.8) is 0 Å². The van der Waals surface area contributed by atoms with Crippen molar-refractivity contribution < 1.29 is 23.1 Å². The zero-order valence-corrected chi connectivity index (χ0v) is 8.57. The van der Waals surface area contributed by atoms with E-state index < -0.39 is 6.43 Å². The number of benzene rings is 1. The van der Waals surface area contributed by atoms with Gasteiger partial charge in [0, 0.05) is 5.56 Å². The van der Waals surface area contributed by atoms with Crippen LogP contribution in [0.3, 0.4) is 0 Å². The van der Waals surface area contributed by atoms with Crippen LogP contribution >= 0.6 is 0 Å². The van der Waals surface area contributed by atoms with Crippen LogP contribution < -0.4 is 4.74 Å². The Hall–Kier alpha value is -1.78. The fraction of sp³-hybridized carbons (Fsp3) is 0.273. The van der Waals surface area contributed by atoms with Gasteiger partial charge >= 0.3 is 0 Å². The number of ether oxygens (including phenoxy) is 1. The maximum Gasteiger partial charge on any atom is 0.267 e. The highest BCUT2D eigenvalue weighted by atomic mass is 19.3. The van der Waals surface area contributed by atoms with E-state index in [1.54, 1.807) is 6.92 Å². The lowest BCUT2D eigenvalue weighted by atomic mass is 10.0. The predicted molar refractivity (Wildman–Crippen MR) is 53.3 cm³/mol. The number of hydrogen-bond donors (Lipinski definition) is 0. The Labute approximate surface area is 91.0 Å². The summed E-state index contributed by atoms with van der Waals surface area (Å²) >= 11 is 0. The molecule has 0 aliphatic rings. The largest absolute Gasteiger partial charge is 0.493 e. The van der Waals surface area contributed by atoms with Gasteiger partial charge in [-0.3, -0.25) is 9.59 Å². The Morgan fingerprint density at radius 1 is 1.31 bits per heavy atom. The average molecular weight is 228 g/mol. The van der Waals surface area contributed by atoms with Gasteiger partial charge in [-0.15, -0.1) is 0 Å². The molecular formula is C11H10F2O3. The molecule has 5 heteroatoms. The molecule has 0 fully saturated rings. The molecule has 0 bridgehead atoms. The number of carbonyl (C=O) groups excluding carboxylic acids is 2. The fourth-order valence-electron chi connectivity index (χ4n) is 1.33. The molecule has 0 amide bonds. The summed E-state index contributed by atoms with van der Waals surface area (Å²) in [6, 6.07) is 2.27. The summed E-state index contributed by atoms with van der Waals surface area (Å²) < 4.78 is 30.2. The Bertz CT molecular complexity index is 402. The Morgan fingerprint density at radius 2 is 2.00 bits per heavy atom. The Morgan fingerprint density at radius 3 is 2.44 bits per heavy atom. The van der Waals surface area contributed by atoms with E-state index in [4.69, 9.17) is 4.74 Å². The zero-order chi connectivity index (χ0) is 12.1. The fourth-order valence-corrected chi connectivity index (χ4v) is 1.33. The summed E-state index contributed by atoms with van der Waals surface area (Å²) in [5.74, 6) is -0.211. The molecular weight excluding hydrogens is 218 g/mol. The molecule has 0 aliphatic carbocycles. The van der Waals surface area contributed by atoms with E-state index in [0.717, 1.165) is 6.07 Å². The lowest BCUT2D eigenvalue weighted by Crippen LogP contribution is -2.04. The van der Waals surface area contributed by atoms with E-state index in [1.165, 1.54) is 6.07 Å². The number of alkyl halides is 2. The van der Waals surface area contributed by atoms with Crippen molar-refractivity contribution in [3.8, 4) is 5.75 Å². The van der Waals surface area contributed by atoms with Crippen LogP contribution in [0.2, 0.25) is 0 Å². The molecule has 0 aromatic heterocycles. The summed E-state index contributed by atoms with van der Waals surface area (Å²) in [7, 11) is 0. The van der Waals surface area contributed by atoms with Gasteiger partial charge in [0.05, 0.1) is 17.7 Å². The molecule has 0 atom stereocenters. The molecule has 16 heavy (non-hydrogen) atoms. The first-order valence-corrected chi connectivity index (χ1v) is 4.63. The third-order valence-electron chi connectivity index (χ3n) is 2.03. The number of aldehydes is 2. The van der Waals surface area contributed by atoms with Crippen LogP contribution in [0.1, 0.15) is 39.6 Å². The van der Waals surface area contributed by atoms with Crippen LogP contribution in [0.25, 0.3) is 0 Å². The molecule has 1 rings (SSSR count). The second-order valence-electron chi connectivity index (χ2n) is 2.96. The number of carbonyl (C=O) groups is 2. The zero-order valence-electron chi connectivity index (χ0n) is 8.57. The molecule has 3 nitrogen and oxygen atoms in total. The van der Waals surface area contributed by atoms with Gasteiger partial charge < -0.3 is 4.74 Å². The van der Waals surface area contributed by atoms with Crippen LogP contribution in [0.4, 0.5) is 8.78 Å². The topological polar surface area (TPSA) is 43.4 Å². The Balaban J connectivity index is 3.43. The maximum absolute atomic E-state index is 12.6. The summed E-state index contributed by atoms with van der Waals surface area (Å²) in [4.78, 5) is 21.4. The van der Waals surface area contributed by atoms with Crippen LogP contribution in [0, 0.1) is 0 Å². The van der Waals surface area contributed by atoms with E-state index >= 15 is 0 Å². The lowest BCUT2D eigenvalue weighted by Gasteiger charge is -2.12. The summed E-state index contributed by atoms with van der Waals surface area (Å²) in [6.45, 7) is 1.75. The standard InChI is InChI=1S/C11H10F2O3/c1-2-16-10-8(11(12)13)4-3-7(5-14)9(10)6-15/h3-6,11H,2H2,1H3. The SMILES string of the molecule is CCOc1c(C(F)F)ccc(C=O)c1C=O. The monoisotopic (exact) mass is 228 g/mol. The first-order valence-electron chi connectivity index (χ1n) is 4.63. The molecule has 0 aliphatic heterocycles. The van der Waals surface area contributed by atoms with E-state index in [0.29, 0.717) is 12.6 Å². The molecule has 0 N–H and O–H groups in total. The van der Waals surface area contributed by atoms with Gasteiger partial charge in [0.25, 0.3) is 6.43 Å². The Kier molecular flexibility index (Phi) is 4.10. The minimum absolute atomic E-state index is 0.0443. The quantitative estimate of drug-likeness (QED) is 0.727. The van der Waals surface area contributed by atoms with E-state index in [1.807, 2.05) is 0 Å². The molecule has 0 heterocycles. The van der Waals surface area contributed by atoms with Gasteiger partial charge in [-0.25, -0.2) is 8.78 Å². The van der Waals surface area contributed by atoms with Gasteiger partial charge in [-0.1, -0.05) is 6.07 Å². The van der Waals surface area contributed by atoms with Gasteiger partial charge in [-0.2, -0.15) is 0 Å². The van der Waals surface area contributed by atoms with Crippen molar-refractivity contribution >= 4 is 12.6 Å². The molecule has 1 aromatic carbocycles. The minimum Gasteiger partial charge on any atom is -0.493 e. The van der Waals surface area contributed by atoms with Gasteiger partial charge in [-0.05, 0) is 13.0 Å². The highest BCUT2D eigenvalue weighted by Gasteiger charge is 2.19. The van der Waals surface area contributed by atoms with E-state index in [9.17, 15) is 18.4 Å². The lowest BCUT2D eigenvalue weighted by molar-refractivity contribution is 0.108. The first kappa shape index (κ1) is 12.3. The van der Waals surface area contributed by atoms with Crippen molar-refractivity contribution in [1.29, 1.82) is 0 Å². The maximum atomic E-state index is 12.6. The molecule has 0 unspecified atom stereocenters. The van der Waals surface area contributed by atoms with Crippen molar-refractivity contribution in [2.45, 2.75) is 13.3 Å². The van der Waals surface area contributed by atoms with Crippen molar-refractivity contribution in [2.75, 3.05) is 6.61 Å². The number of halogens is 2. The van der Waals surface area contributed by atoms with Crippen LogP contribution in [-0.2, 0) is 0 Å². The molecule has 0 spiro atoms. The summed E-state index contributed by atoms with van der Waals surface area (Å²) in [5, 5.41) is 0. The molecule has 1 aromatic rings. The smallest absolute Gasteiger partial charge is 0.267 e.